The predicted octanol–water partition coefficient (Wildman–Crippen LogP) is 2.62. The van der Waals surface area contributed by atoms with Gasteiger partial charge in [0.1, 0.15) is 11.8 Å². The van der Waals surface area contributed by atoms with E-state index in [2.05, 4.69) is 15.3 Å². The Morgan fingerprint density at radius 1 is 1.39 bits per heavy atom. The Hall–Kier alpha value is -1.14. The molecule has 0 fully saturated rings. The van der Waals surface area contributed by atoms with Crippen LogP contribution in [0.1, 0.15) is 50.4 Å². The smallest absolute Gasteiger partial charge is 0.280 e. The van der Waals surface area contributed by atoms with Crippen LogP contribution in [0.4, 0.5) is 8.78 Å². The summed E-state index contributed by atoms with van der Waals surface area (Å²) in [6.07, 6.45) is -1.53. The van der Waals surface area contributed by atoms with Crippen molar-refractivity contribution in [2.45, 2.75) is 39.8 Å². The van der Waals surface area contributed by atoms with Crippen LogP contribution in [0.3, 0.4) is 0 Å². The maximum absolute atomic E-state index is 12.9. The molecule has 0 saturated heterocycles. The quantitative estimate of drug-likeness (QED) is 0.817. The number of aromatic nitrogens is 2. The summed E-state index contributed by atoms with van der Waals surface area (Å²) in [6, 6.07) is 0. The molecule has 0 aliphatic rings. The molecule has 6 heteroatoms. The molecule has 0 aromatic carbocycles. The molecule has 102 valence electrons. The number of rotatable bonds is 7. The molecule has 1 aromatic heterocycles. The Kier molecular flexibility index (Phi) is 6.07. The molecule has 0 aliphatic heterocycles. The third-order valence-electron chi connectivity index (χ3n) is 2.47. The molecule has 1 N–H and O–H groups in total. The van der Waals surface area contributed by atoms with E-state index in [1.807, 2.05) is 13.8 Å². The van der Waals surface area contributed by atoms with Gasteiger partial charge >= 0.3 is 0 Å². The van der Waals surface area contributed by atoms with Crippen molar-refractivity contribution in [2.75, 3.05) is 13.2 Å². The normalized spacial score (nSPS) is 13.0. The lowest BCUT2D eigenvalue weighted by molar-refractivity contribution is 0.0686. The van der Waals surface area contributed by atoms with Gasteiger partial charge in [0.15, 0.2) is 5.82 Å². The van der Waals surface area contributed by atoms with Crippen LogP contribution >= 0.6 is 0 Å². The number of hydrogen-bond donors (Lipinski definition) is 1. The van der Waals surface area contributed by atoms with Crippen molar-refractivity contribution in [2.24, 2.45) is 0 Å². The van der Waals surface area contributed by atoms with Gasteiger partial charge in [-0.05, 0) is 20.4 Å². The number of halogens is 2. The largest absolute Gasteiger partial charge is 0.371 e. The highest BCUT2D eigenvalue weighted by molar-refractivity contribution is 5.19. The average molecular weight is 259 g/mol. The molecule has 0 aliphatic carbocycles. The number of nitrogens with zero attached hydrogens (tertiary/aromatic N) is 2. The first-order valence-corrected chi connectivity index (χ1v) is 6.06. The predicted molar refractivity (Wildman–Crippen MR) is 64.4 cm³/mol. The summed E-state index contributed by atoms with van der Waals surface area (Å²) >= 11 is 0. The van der Waals surface area contributed by atoms with Crippen LogP contribution in [-0.4, -0.2) is 23.1 Å². The van der Waals surface area contributed by atoms with Crippen LogP contribution in [0.2, 0.25) is 0 Å². The number of nitrogens with one attached hydrogen (secondary N) is 1. The van der Waals surface area contributed by atoms with E-state index in [1.54, 1.807) is 6.92 Å². The minimum Gasteiger partial charge on any atom is -0.371 e. The van der Waals surface area contributed by atoms with Gasteiger partial charge < -0.3 is 10.1 Å². The highest BCUT2D eigenvalue weighted by Gasteiger charge is 2.18. The van der Waals surface area contributed by atoms with Crippen molar-refractivity contribution in [3.63, 3.8) is 0 Å². The second kappa shape index (κ2) is 7.33. The maximum atomic E-state index is 12.9. The fourth-order valence-electron chi connectivity index (χ4n) is 1.54. The van der Waals surface area contributed by atoms with Gasteiger partial charge in [-0.25, -0.2) is 18.7 Å². The summed E-state index contributed by atoms with van der Waals surface area (Å²) in [4.78, 5) is 8.00. The topological polar surface area (TPSA) is 47.0 Å². The van der Waals surface area contributed by atoms with Crippen molar-refractivity contribution in [1.29, 1.82) is 0 Å². The molecule has 4 nitrogen and oxygen atoms in total. The molecule has 1 heterocycles. The Bertz CT molecular complexity index is 374. The fourth-order valence-corrected chi connectivity index (χ4v) is 1.54. The van der Waals surface area contributed by atoms with Gasteiger partial charge in [-0.3, -0.25) is 0 Å². The van der Waals surface area contributed by atoms with Gasteiger partial charge in [-0.1, -0.05) is 6.92 Å². The SMILES string of the molecule is CCNCc1cnc(C(C)OCC)nc1C(F)F. The fraction of sp³-hybridized carbons (Fsp3) is 0.667. The summed E-state index contributed by atoms with van der Waals surface area (Å²) in [5, 5.41) is 2.99. The van der Waals surface area contributed by atoms with Crippen molar-refractivity contribution < 1.29 is 13.5 Å². The number of alkyl halides is 2. The van der Waals surface area contributed by atoms with Crippen LogP contribution in [-0.2, 0) is 11.3 Å². The molecule has 18 heavy (non-hydrogen) atoms. The molecular formula is C12H19F2N3O. The third-order valence-corrected chi connectivity index (χ3v) is 2.47. The zero-order chi connectivity index (χ0) is 13.5. The van der Waals surface area contributed by atoms with E-state index in [1.165, 1.54) is 6.20 Å². The van der Waals surface area contributed by atoms with Gasteiger partial charge in [-0.15, -0.1) is 0 Å². The Morgan fingerprint density at radius 2 is 2.11 bits per heavy atom. The highest BCUT2D eigenvalue weighted by Crippen LogP contribution is 2.22. The molecule has 0 spiro atoms. The summed E-state index contributed by atoms with van der Waals surface area (Å²) in [6.45, 7) is 7.05. The third kappa shape index (κ3) is 3.96. The molecular weight excluding hydrogens is 240 g/mol. The minimum atomic E-state index is -2.60. The standard InChI is InChI=1S/C12H19F2N3O/c1-4-15-6-9-7-16-12(8(3)18-5-2)17-10(9)11(13)14/h7-8,11,15H,4-6H2,1-3H3. The van der Waals surface area contributed by atoms with E-state index in [-0.39, 0.29) is 11.8 Å². The monoisotopic (exact) mass is 259 g/mol. The van der Waals surface area contributed by atoms with Crippen molar-refractivity contribution in [1.82, 2.24) is 15.3 Å². The average Bonchev–Trinajstić information content (AvgIpc) is 2.36. The minimum absolute atomic E-state index is 0.215. The number of ether oxygens (including phenoxy) is 1. The first-order chi connectivity index (χ1) is 8.60. The molecule has 1 rings (SSSR count). The van der Waals surface area contributed by atoms with E-state index in [0.29, 0.717) is 31.1 Å². The van der Waals surface area contributed by atoms with Crippen molar-refractivity contribution >= 4 is 0 Å². The van der Waals surface area contributed by atoms with Gasteiger partial charge in [0.25, 0.3) is 6.43 Å². The van der Waals surface area contributed by atoms with Crippen molar-refractivity contribution in [3.8, 4) is 0 Å². The van der Waals surface area contributed by atoms with Gasteiger partial charge in [0.05, 0.1) is 0 Å². The van der Waals surface area contributed by atoms with Gasteiger partial charge in [0.2, 0.25) is 0 Å². The van der Waals surface area contributed by atoms with Crippen LogP contribution < -0.4 is 5.32 Å². The van der Waals surface area contributed by atoms with E-state index in [9.17, 15) is 8.78 Å². The van der Waals surface area contributed by atoms with E-state index in [0.717, 1.165) is 0 Å². The lowest BCUT2D eigenvalue weighted by Crippen LogP contribution is -2.16. The zero-order valence-electron chi connectivity index (χ0n) is 10.9. The Labute approximate surface area is 106 Å². The first-order valence-electron chi connectivity index (χ1n) is 6.06. The highest BCUT2D eigenvalue weighted by atomic mass is 19.3. The van der Waals surface area contributed by atoms with E-state index >= 15 is 0 Å². The summed E-state index contributed by atoms with van der Waals surface area (Å²) in [5.41, 5.74) is 0.215. The number of hydrogen-bond acceptors (Lipinski definition) is 4. The molecule has 0 amide bonds. The Balaban J connectivity index is 2.95. The lowest BCUT2D eigenvalue weighted by Gasteiger charge is -2.13. The summed E-state index contributed by atoms with van der Waals surface area (Å²) in [5.74, 6) is 0.299. The van der Waals surface area contributed by atoms with Crippen molar-refractivity contribution in [3.05, 3.63) is 23.3 Å². The van der Waals surface area contributed by atoms with Crippen LogP contribution in [0, 0.1) is 0 Å². The lowest BCUT2D eigenvalue weighted by atomic mass is 10.2. The Morgan fingerprint density at radius 3 is 2.67 bits per heavy atom. The second-order valence-corrected chi connectivity index (χ2v) is 3.82. The maximum Gasteiger partial charge on any atom is 0.280 e. The zero-order valence-corrected chi connectivity index (χ0v) is 10.9. The van der Waals surface area contributed by atoms with Gasteiger partial charge in [0, 0.05) is 24.9 Å². The molecule has 0 radical (unpaired) electrons. The van der Waals surface area contributed by atoms with Crippen LogP contribution in [0.5, 0.6) is 0 Å². The van der Waals surface area contributed by atoms with E-state index in [4.69, 9.17) is 4.74 Å². The molecule has 0 bridgehead atoms. The molecule has 1 atom stereocenters. The van der Waals surface area contributed by atoms with E-state index < -0.39 is 6.43 Å². The first kappa shape index (κ1) is 14.9. The summed E-state index contributed by atoms with van der Waals surface area (Å²) < 4.78 is 31.1. The molecule has 0 saturated carbocycles. The second-order valence-electron chi connectivity index (χ2n) is 3.82. The molecule has 1 unspecified atom stereocenters. The van der Waals surface area contributed by atoms with Gasteiger partial charge in [-0.2, -0.15) is 0 Å². The van der Waals surface area contributed by atoms with Crippen LogP contribution in [0.15, 0.2) is 6.20 Å². The van der Waals surface area contributed by atoms with Crippen LogP contribution in [0.25, 0.3) is 0 Å². The summed E-state index contributed by atoms with van der Waals surface area (Å²) in [7, 11) is 0. The molecule has 1 aromatic rings.